The fraction of sp³-hybridized carbons (Fsp3) is 0.286. The summed E-state index contributed by atoms with van der Waals surface area (Å²) in [6.07, 6.45) is -1.04. The van der Waals surface area contributed by atoms with Gasteiger partial charge in [-0.15, -0.1) is 0 Å². The first kappa shape index (κ1) is 22.4. The molecule has 1 heterocycles. The van der Waals surface area contributed by atoms with Crippen molar-refractivity contribution in [1.82, 2.24) is 9.80 Å². The summed E-state index contributed by atoms with van der Waals surface area (Å²) < 4.78 is 19.3. The van der Waals surface area contributed by atoms with Crippen LogP contribution in [0.1, 0.15) is 15.9 Å². The molecule has 8 nitrogen and oxygen atoms in total. The lowest BCUT2D eigenvalue weighted by molar-refractivity contribution is 0.0600. The maximum atomic E-state index is 14.7. The third kappa shape index (κ3) is 5.24. The standard InChI is InChI=1S/C21H21ClFN3O5/c1-31-19(27)14-5-6-15(18(23)11-14)13-26(17-4-2-3-16(22)12-17)20(28)24-7-9-25(10-8-24)21(29)30/h2-6,11-12H,7-10,13H2,1H3,(H,29,30). The molecule has 1 fully saturated rings. The van der Waals surface area contributed by atoms with Crippen molar-refractivity contribution in [2.75, 3.05) is 38.2 Å². The van der Waals surface area contributed by atoms with Crippen molar-refractivity contribution < 1.29 is 28.6 Å². The monoisotopic (exact) mass is 449 g/mol. The number of anilines is 1. The minimum Gasteiger partial charge on any atom is -0.465 e. The smallest absolute Gasteiger partial charge is 0.407 e. The summed E-state index contributed by atoms with van der Waals surface area (Å²) in [5.74, 6) is -1.32. The van der Waals surface area contributed by atoms with E-state index in [0.29, 0.717) is 10.7 Å². The predicted molar refractivity (Wildman–Crippen MR) is 112 cm³/mol. The number of nitrogens with zero attached hydrogens (tertiary/aromatic N) is 3. The largest absolute Gasteiger partial charge is 0.465 e. The van der Waals surface area contributed by atoms with Gasteiger partial charge in [0, 0.05) is 42.5 Å². The molecule has 0 aromatic heterocycles. The van der Waals surface area contributed by atoms with E-state index in [-0.39, 0.29) is 43.9 Å². The highest BCUT2D eigenvalue weighted by atomic mass is 35.5. The average molecular weight is 450 g/mol. The highest BCUT2D eigenvalue weighted by Crippen LogP contribution is 2.25. The van der Waals surface area contributed by atoms with Gasteiger partial charge < -0.3 is 19.6 Å². The van der Waals surface area contributed by atoms with Gasteiger partial charge in [-0.1, -0.05) is 23.7 Å². The summed E-state index contributed by atoms with van der Waals surface area (Å²) in [6.45, 7) is 0.697. The second kappa shape index (κ2) is 9.65. The molecule has 2 aromatic rings. The van der Waals surface area contributed by atoms with Gasteiger partial charge >= 0.3 is 18.1 Å². The Morgan fingerprint density at radius 2 is 1.77 bits per heavy atom. The van der Waals surface area contributed by atoms with Crippen LogP contribution in [-0.2, 0) is 11.3 Å². The number of hydrogen-bond acceptors (Lipinski definition) is 4. The second-order valence-corrected chi connectivity index (χ2v) is 7.34. The van der Waals surface area contributed by atoms with Crippen LogP contribution >= 0.6 is 11.6 Å². The molecule has 1 aliphatic rings. The van der Waals surface area contributed by atoms with E-state index in [9.17, 15) is 18.8 Å². The Kier molecular flexibility index (Phi) is 6.96. The van der Waals surface area contributed by atoms with E-state index < -0.39 is 23.9 Å². The SMILES string of the molecule is COC(=O)c1ccc(CN(C(=O)N2CCN(C(=O)O)CC2)c2cccc(Cl)c2)c(F)c1. The summed E-state index contributed by atoms with van der Waals surface area (Å²) in [4.78, 5) is 40.1. The topological polar surface area (TPSA) is 90.4 Å². The van der Waals surface area contributed by atoms with Gasteiger partial charge in [0.1, 0.15) is 5.82 Å². The van der Waals surface area contributed by atoms with Gasteiger partial charge in [0.15, 0.2) is 0 Å². The molecule has 0 saturated carbocycles. The van der Waals surface area contributed by atoms with Crippen LogP contribution in [-0.4, -0.2) is 66.3 Å². The summed E-state index contributed by atoms with van der Waals surface area (Å²) in [5.41, 5.74) is 0.730. The molecule has 0 aliphatic carbocycles. The first-order valence-corrected chi connectivity index (χ1v) is 9.84. The quantitative estimate of drug-likeness (QED) is 0.719. The number of ether oxygens (including phenoxy) is 1. The van der Waals surface area contributed by atoms with E-state index in [1.807, 2.05) is 0 Å². The Morgan fingerprint density at radius 3 is 2.35 bits per heavy atom. The number of carbonyl (C=O) groups excluding carboxylic acids is 2. The van der Waals surface area contributed by atoms with Crippen molar-refractivity contribution in [3.8, 4) is 0 Å². The van der Waals surface area contributed by atoms with Crippen molar-refractivity contribution >= 4 is 35.4 Å². The number of amides is 3. The number of carboxylic acid groups (broad SMARTS) is 1. The van der Waals surface area contributed by atoms with E-state index in [1.54, 1.807) is 24.3 Å². The molecule has 1 saturated heterocycles. The summed E-state index contributed by atoms with van der Waals surface area (Å²) >= 11 is 6.09. The Labute approximate surface area is 183 Å². The van der Waals surface area contributed by atoms with Crippen LogP contribution in [0.5, 0.6) is 0 Å². The minimum atomic E-state index is -1.04. The van der Waals surface area contributed by atoms with Crippen molar-refractivity contribution in [2.45, 2.75) is 6.54 Å². The molecule has 0 unspecified atom stereocenters. The zero-order chi connectivity index (χ0) is 22.5. The van der Waals surface area contributed by atoms with E-state index in [0.717, 1.165) is 6.07 Å². The number of piperazine rings is 1. The Bertz CT molecular complexity index is 995. The van der Waals surface area contributed by atoms with Crippen molar-refractivity contribution in [3.05, 3.63) is 64.4 Å². The third-order valence-electron chi connectivity index (χ3n) is 4.97. The van der Waals surface area contributed by atoms with Crippen molar-refractivity contribution in [2.24, 2.45) is 0 Å². The normalized spacial score (nSPS) is 13.6. The van der Waals surface area contributed by atoms with Crippen LogP contribution in [0.4, 0.5) is 19.7 Å². The number of esters is 1. The summed E-state index contributed by atoms with van der Waals surface area (Å²) in [5, 5.41) is 9.52. The molecule has 0 radical (unpaired) electrons. The van der Waals surface area contributed by atoms with Gasteiger partial charge in [-0.25, -0.2) is 18.8 Å². The minimum absolute atomic E-state index is 0.0641. The molecular formula is C21H21ClFN3O5. The summed E-state index contributed by atoms with van der Waals surface area (Å²) in [6, 6.07) is 10.1. The molecule has 0 spiro atoms. The van der Waals surface area contributed by atoms with Gasteiger partial charge in [-0.3, -0.25) is 4.90 Å². The molecule has 164 valence electrons. The van der Waals surface area contributed by atoms with E-state index in [2.05, 4.69) is 4.74 Å². The molecule has 0 bridgehead atoms. The van der Waals surface area contributed by atoms with Gasteiger partial charge in [-0.2, -0.15) is 0 Å². The molecular weight excluding hydrogens is 429 g/mol. The van der Waals surface area contributed by atoms with Gasteiger partial charge in [0.25, 0.3) is 0 Å². The Hall–Kier alpha value is -3.33. The summed E-state index contributed by atoms with van der Waals surface area (Å²) in [7, 11) is 1.21. The van der Waals surface area contributed by atoms with Crippen LogP contribution in [0.2, 0.25) is 5.02 Å². The number of methoxy groups -OCH3 is 1. The first-order valence-electron chi connectivity index (χ1n) is 9.46. The first-order chi connectivity index (χ1) is 14.8. The van der Waals surface area contributed by atoms with Gasteiger partial charge in [-0.05, 0) is 30.3 Å². The van der Waals surface area contributed by atoms with Crippen LogP contribution in [0.25, 0.3) is 0 Å². The molecule has 3 amide bonds. The maximum absolute atomic E-state index is 14.7. The van der Waals surface area contributed by atoms with Crippen molar-refractivity contribution in [1.29, 1.82) is 0 Å². The molecule has 0 atom stereocenters. The van der Waals surface area contributed by atoms with Gasteiger partial charge in [0.05, 0.1) is 19.2 Å². The van der Waals surface area contributed by atoms with E-state index in [1.165, 1.54) is 33.9 Å². The highest BCUT2D eigenvalue weighted by molar-refractivity contribution is 6.30. The van der Waals surface area contributed by atoms with Crippen LogP contribution < -0.4 is 4.90 Å². The lowest BCUT2D eigenvalue weighted by Gasteiger charge is -2.36. The third-order valence-corrected chi connectivity index (χ3v) is 5.21. The molecule has 10 heteroatoms. The maximum Gasteiger partial charge on any atom is 0.407 e. The number of benzene rings is 2. The van der Waals surface area contributed by atoms with Crippen LogP contribution in [0.3, 0.4) is 0 Å². The molecule has 1 N–H and O–H groups in total. The number of halogens is 2. The zero-order valence-electron chi connectivity index (χ0n) is 16.8. The fourth-order valence-corrected chi connectivity index (χ4v) is 3.45. The molecule has 1 aliphatic heterocycles. The lowest BCUT2D eigenvalue weighted by atomic mass is 10.1. The molecule has 31 heavy (non-hydrogen) atoms. The zero-order valence-corrected chi connectivity index (χ0v) is 17.5. The number of urea groups is 1. The second-order valence-electron chi connectivity index (χ2n) is 6.90. The highest BCUT2D eigenvalue weighted by Gasteiger charge is 2.28. The van der Waals surface area contributed by atoms with Gasteiger partial charge in [0.2, 0.25) is 0 Å². The fourth-order valence-electron chi connectivity index (χ4n) is 3.26. The van der Waals surface area contributed by atoms with Crippen LogP contribution in [0.15, 0.2) is 42.5 Å². The predicted octanol–water partition coefficient (Wildman–Crippen LogP) is 3.69. The van der Waals surface area contributed by atoms with E-state index >= 15 is 0 Å². The average Bonchev–Trinajstić information content (AvgIpc) is 2.77. The van der Waals surface area contributed by atoms with Crippen molar-refractivity contribution in [3.63, 3.8) is 0 Å². The van der Waals surface area contributed by atoms with Crippen LogP contribution in [0, 0.1) is 5.82 Å². The Balaban J connectivity index is 1.87. The molecule has 3 rings (SSSR count). The molecule has 2 aromatic carbocycles. The lowest BCUT2D eigenvalue weighted by Crippen LogP contribution is -2.53. The number of hydrogen-bond donors (Lipinski definition) is 1. The number of carbonyl (C=O) groups is 3. The number of rotatable bonds is 4. The Morgan fingerprint density at radius 1 is 1.10 bits per heavy atom. The van der Waals surface area contributed by atoms with E-state index in [4.69, 9.17) is 16.7 Å².